The van der Waals surface area contributed by atoms with Crippen LogP contribution >= 0.6 is 0 Å². The highest BCUT2D eigenvalue weighted by Gasteiger charge is 2.42. The monoisotopic (exact) mass is 320 g/mol. The summed E-state index contributed by atoms with van der Waals surface area (Å²) in [5.74, 6) is -1.70. The largest absolute Gasteiger partial charge is 0.543 e. The van der Waals surface area contributed by atoms with E-state index >= 15 is 0 Å². The Morgan fingerprint density at radius 1 is 1.19 bits per heavy atom. The lowest BCUT2D eigenvalue weighted by molar-refractivity contribution is -0.138. The van der Waals surface area contributed by atoms with E-state index in [4.69, 9.17) is 9.53 Å². The van der Waals surface area contributed by atoms with E-state index in [-0.39, 0.29) is 10.6 Å². The van der Waals surface area contributed by atoms with Gasteiger partial charge in [-0.3, -0.25) is 0 Å². The summed E-state index contributed by atoms with van der Waals surface area (Å²) < 4.78 is 44.8. The predicted octanol–water partition coefficient (Wildman–Crippen LogP) is 4.79. The van der Waals surface area contributed by atoms with Gasteiger partial charge in [-0.05, 0) is 36.3 Å². The molecule has 0 fully saturated rings. The van der Waals surface area contributed by atoms with E-state index in [0.717, 1.165) is 18.2 Å². The third-order valence-electron chi connectivity index (χ3n) is 3.71. The molecule has 0 saturated carbocycles. The molecule has 3 nitrogen and oxygen atoms in total. The number of hydrogen-bond donors (Lipinski definition) is 1. The quantitative estimate of drug-likeness (QED) is 0.815. The van der Waals surface area contributed by atoms with Crippen molar-refractivity contribution in [2.45, 2.75) is 45.1 Å². The summed E-state index contributed by atoms with van der Waals surface area (Å²) in [4.78, 5) is 11.0. The second kappa shape index (κ2) is 5.36. The molecule has 0 bridgehead atoms. The van der Waals surface area contributed by atoms with E-state index in [1.54, 1.807) is 13.1 Å². The first-order chi connectivity index (χ1) is 9.25. The molecule has 0 aliphatic carbocycles. The minimum Gasteiger partial charge on any atom is -0.543 e. The average Bonchev–Trinajstić information content (AvgIpc) is 2.24. The highest BCUT2D eigenvalue weighted by Crippen LogP contribution is 2.42. The zero-order chi connectivity index (χ0) is 16.6. The number of carboxylic acid groups (broad SMARTS) is 1. The highest BCUT2D eigenvalue weighted by molar-refractivity contribution is 6.74. The first kappa shape index (κ1) is 17.5. The van der Waals surface area contributed by atoms with Gasteiger partial charge in [-0.25, -0.2) is 4.79 Å². The second-order valence-electron chi connectivity index (χ2n) is 6.38. The van der Waals surface area contributed by atoms with E-state index in [1.165, 1.54) is 0 Å². The van der Waals surface area contributed by atoms with E-state index in [2.05, 4.69) is 0 Å². The molecule has 0 atom stereocenters. The molecular weight excluding hydrogens is 301 g/mol. The van der Waals surface area contributed by atoms with Crippen molar-refractivity contribution in [3.63, 3.8) is 0 Å². The smallest absolute Gasteiger partial charge is 0.419 e. The number of benzene rings is 1. The summed E-state index contributed by atoms with van der Waals surface area (Å²) >= 11 is 0. The van der Waals surface area contributed by atoms with Gasteiger partial charge in [-0.15, -0.1) is 0 Å². The Hall–Kier alpha value is -1.50. The van der Waals surface area contributed by atoms with E-state index in [0.29, 0.717) is 0 Å². The van der Waals surface area contributed by atoms with E-state index in [1.807, 2.05) is 20.8 Å². The molecule has 0 spiro atoms. The summed E-state index contributed by atoms with van der Waals surface area (Å²) in [6.45, 7) is 9.30. The summed E-state index contributed by atoms with van der Waals surface area (Å²) in [6, 6.07) is 2.64. The zero-order valence-corrected chi connectivity index (χ0v) is 13.6. The van der Waals surface area contributed by atoms with Gasteiger partial charge in [0, 0.05) is 0 Å². The van der Waals surface area contributed by atoms with Gasteiger partial charge in [0.1, 0.15) is 5.75 Å². The van der Waals surface area contributed by atoms with Crippen molar-refractivity contribution >= 4 is 14.3 Å². The molecule has 21 heavy (non-hydrogen) atoms. The Morgan fingerprint density at radius 3 is 2.10 bits per heavy atom. The van der Waals surface area contributed by atoms with Gasteiger partial charge < -0.3 is 9.53 Å². The zero-order valence-electron chi connectivity index (χ0n) is 12.6. The van der Waals surface area contributed by atoms with Crippen LogP contribution in [0.1, 0.15) is 36.7 Å². The molecule has 0 unspecified atom stereocenters. The number of carboxylic acids is 1. The van der Waals surface area contributed by atoms with Gasteiger partial charge >= 0.3 is 12.1 Å². The van der Waals surface area contributed by atoms with Crippen molar-refractivity contribution in [2.24, 2.45) is 0 Å². The third kappa shape index (κ3) is 4.00. The third-order valence-corrected chi connectivity index (χ3v) is 8.05. The molecule has 1 rings (SSSR count). The van der Waals surface area contributed by atoms with Crippen LogP contribution in [0.4, 0.5) is 13.2 Å². The predicted molar refractivity (Wildman–Crippen MR) is 76.2 cm³/mol. The number of halogens is 3. The topological polar surface area (TPSA) is 46.5 Å². The molecule has 1 N–H and O–H groups in total. The minimum atomic E-state index is -4.59. The highest BCUT2D eigenvalue weighted by atomic mass is 28.4. The first-order valence-corrected chi connectivity index (χ1v) is 9.30. The maximum absolute atomic E-state index is 13.0. The molecule has 0 heterocycles. The standard InChI is InChI=1S/C14H19F3O3Si/c1-13(2,3)21(4,5)20-11-8-9(12(18)19)6-7-10(11)14(15,16)17/h6-8H,1-5H3,(H,18,19). The maximum Gasteiger partial charge on any atom is 0.419 e. The fraction of sp³-hybridized carbons (Fsp3) is 0.500. The van der Waals surface area contributed by atoms with Crippen molar-refractivity contribution in [3.05, 3.63) is 29.3 Å². The van der Waals surface area contributed by atoms with Crippen LogP contribution in [0.5, 0.6) is 5.75 Å². The van der Waals surface area contributed by atoms with Crippen LogP contribution in [0.25, 0.3) is 0 Å². The molecule has 0 aromatic heterocycles. The van der Waals surface area contributed by atoms with Crippen LogP contribution < -0.4 is 4.43 Å². The van der Waals surface area contributed by atoms with Gasteiger partial charge in [0.2, 0.25) is 8.32 Å². The van der Waals surface area contributed by atoms with Gasteiger partial charge in [0.15, 0.2) is 0 Å². The second-order valence-corrected chi connectivity index (χ2v) is 11.1. The molecular formula is C14H19F3O3Si. The molecule has 1 aromatic carbocycles. The van der Waals surface area contributed by atoms with Crippen molar-refractivity contribution < 1.29 is 27.5 Å². The summed E-state index contributed by atoms with van der Waals surface area (Å²) in [7, 11) is -2.51. The Bertz CT molecular complexity index is 545. The Balaban J connectivity index is 3.38. The minimum absolute atomic E-state index is 0.225. The van der Waals surface area contributed by atoms with Crippen molar-refractivity contribution in [1.82, 2.24) is 0 Å². The van der Waals surface area contributed by atoms with E-state index < -0.39 is 31.8 Å². The molecule has 7 heteroatoms. The fourth-order valence-electron chi connectivity index (χ4n) is 1.40. The van der Waals surface area contributed by atoms with Crippen molar-refractivity contribution in [1.29, 1.82) is 0 Å². The van der Waals surface area contributed by atoms with Crippen LogP contribution in [0.3, 0.4) is 0 Å². The van der Waals surface area contributed by atoms with Gasteiger partial charge in [-0.1, -0.05) is 20.8 Å². The molecule has 1 aromatic rings. The molecule has 0 aliphatic heterocycles. The van der Waals surface area contributed by atoms with Crippen LogP contribution in [0, 0.1) is 0 Å². The number of carbonyl (C=O) groups is 1. The number of aromatic carboxylic acids is 1. The Labute approximate surface area is 122 Å². The summed E-state index contributed by atoms with van der Waals surface area (Å²) in [5, 5.41) is 8.64. The lowest BCUT2D eigenvalue weighted by Gasteiger charge is -2.37. The lowest BCUT2D eigenvalue weighted by Crippen LogP contribution is -2.44. The molecule has 0 radical (unpaired) electrons. The SMILES string of the molecule is CC(C)(C)[Si](C)(C)Oc1cc(C(=O)O)ccc1C(F)(F)F. The fourth-order valence-corrected chi connectivity index (χ4v) is 2.43. The molecule has 0 amide bonds. The normalized spacial score (nSPS) is 13.1. The number of hydrogen-bond acceptors (Lipinski definition) is 2. The lowest BCUT2D eigenvalue weighted by atomic mass is 10.1. The molecule has 0 aliphatic rings. The molecule has 118 valence electrons. The Kier molecular flexibility index (Phi) is 4.48. The maximum atomic E-state index is 13.0. The van der Waals surface area contributed by atoms with Crippen LogP contribution in [-0.2, 0) is 6.18 Å². The van der Waals surface area contributed by atoms with Crippen molar-refractivity contribution in [3.8, 4) is 5.75 Å². The first-order valence-electron chi connectivity index (χ1n) is 6.39. The molecule has 0 saturated heterocycles. The Morgan fingerprint density at radius 2 is 1.71 bits per heavy atom. The summed E-state index contributed by atoms with van der Waals surface area (Å²) in [6.07, 6.45) is -4.59. The van der Waals surface area contributed by atoms with E-state index in [9.17, 15) is 18.0 Å². The van der Waals surface area contributed by atoms with Crippen LogP contribution in [0.15, 0.2) is 18.2 Å². The number of rotatable bonds is 3. The van der Waals surface area contributed by atoms with Crippen LogP contribution in [0.2, 0.25) is 18.1 Å². The number of alkyl halides is 3. The van der Waals surface area contributed by atoms with Gasteiger partial charge in [0.05, 0.1) is 11.1 Å². The van der Waals surface area contributed by atoms with Crippen molar-refractivity contribution in [2.75, 3.05) is 0 Å². The van der Waals surface area contributed by atoms with Gasteiger partial charge in [-0.2, -0.15) is 13.2 Å². The van der Waals surface area contributed by atoms with Crippen LogP contribution in [-0.4, -0.2) is 19.4 Å². The average molecular weight is 320 g/mol. The summed E-state index contributed by atoms with van der Waals surface area (Å²) in [5.41, 5.74) is -1.17. The van der Waals surface area contributed by atoms with Gasteiger partial charge in [0.25, 0.3) is 0 Å².